The SMILES string of the molecule is O=C(NCCc1ccccn1)C1COCCN(c2cnc3ccccc3n2)C1. The predicted octanol–water partition coefficient (Wildman–Crippen LogP) is 1.84. The molecule has 1 atom stereocenters. The van der Waals surface area contributed by atoms with Crippen LogP contribution < -0.4 is 10.2 Å². The molecule has 7 nitrogen and oxygen atoms in total. The summed E-state index contributed by atoms with van der Waals surface area (Å²) in [7, 11) is 0. The van der Waals surface area contributed by atoms with E-state index in [2.05, 4.69) is 20.2 Å². The van der Waals surface area contributed by atoms with Crippen molar-refractivity contribution >= 4 is 22.8 Å². The summed E-state index contributed by atoms with van der Waals surface area (Å²) in [6.45, 7) is 2.77. The van der Waals surface area contributed by atoms with E-state index in [1.807, 2.05) is 42.5 Å². The van der Waals surface area contributed by atoms with E-state index in [1.165, 1.54) is 0 Å². The minimum atomic E-state index is -0.250. The zero-order valence-corrected chi connectivity index (χ0v) is 15.6. The molecule has 7 heteroatoms. The number of carbonyl (C=O) groups is 1. The summed E-state index contributed by atoms with van der Waals surface area (Å²) in [5, 5.41) is 3.01. The fraction of sp³-hybridized carbons (Fsp3) is 0.333. The lowest BCUT2D eigenvalue weighted by Gasteiger charge is -2.24. The molecule has 3 aromatic rings. The number of pyridine rings is 1. The first-order chi connectivity index (χ1) is 13.8. The number of benzene rings is 1. The summed E-state index contributed by atoms with van der Waals surface area (Å²) < 4.78 is 5.67. The van der Waals surface area contributed by atoms with Crippen LogP contribution in [0.15, 0.2) is 54.9 Å². The zero-order chi connectivity index (χ0) is 19.2. The van der Waals surface area contributed by atoms with Gasteiger partial charge in [0.15, 0.2) is 0 Å². The monoisotopic (exact) mass is 377 g/mol. The zero-order valence-electron chi connectivity index (χ0n) is 15.6. The maximum absolute atomic E-state index is 12.7. The summed E-state index contributed by atoms with van der Waals surface area (Å²) in [5.74, 6) is 0.520. The van der Waals surface area contributed by atoms with Gasteiger partial charge in [0.2, 0.25) is 5.91 Å². The number of carbonyl (C=O) groups excluding carboxylic acids is 1. The van der Waals surface area contributed by atoms with Crippen molar-refractivity contribution in [1.82, 2.24) is 20.3 Å². The molecule has 1 saturated heterocycles. The molecule has 1 amide bonds. The summed E-state index contributed by atoms with van der Waals surface area (Å²) in [5.41, 5.74) is 2.68. The number of nitrogens with one attached hydrogen (secondary N) is 1. The van der Waals surface area contributed by atoms with Gasteiger partial charge in [-0.1, -0.05) is 18.2 Å². The highest BCUT2D eigenvalue weighted by Crippen LogP contribution is 2.18. The van der Waals surface area contributed by atoms with Crippen LogP contribution in [0.2, 0.25) is 0 Å². The molecule has 0 radical (unpaired) electrons. The average molecular weight is 377 g/mol. The molecular formula is C21H23N5O2. The van der Waals surface area contributed by atoms with Gasteiger partial charge in [0.1, 0.15) is 5.82 Å². The fourth-order valence-corrected chi connectivity index (χ4v) is 3.28. The van der Waals surface area contributed by atoms with Gasteiger partial charge in [-0.05, 0) is 24.3 Å². The van der Waals surface area contributed by atoms with Crippen molar-refractivity contribution in [2.24, 2.45) is 5.92 Å². The van der Waals surface area contributed by atoms with Crippen molar-refractivity contribution in [2.45, 2.75) is 6.42 Å². The van der Waals surface area contributed by atoms with Crippen molar-refractivity contribution < 1.29 is 9.53 Å². The van der Waals surface area contributed by atoms with E-state index in [0.29, 0.717) is 39.3 Å². The summed E-state index contributed by atoms with van der Waals surface area (Å²) in [6, 6.07) is 13.6. The van der Waals surface area contributed by atoms with Crippen LogP contribution in [0.3, 0.4) is 0 Å². The van der Waals surface area contributed by atoms with Crippen LogP contribution in [0, 0.1) is 5.92 Å². The Kier molecular flexibility index (Phi) is 5.72. The number of anilines is 1. The summed E-state index contributed by atoms with van der Waals surface area (Å²) in [4.78, 5) is 28.2. The normalized spacial score (nSPS) is 17.3. The average Bonchev–Trinajstić information content (AvgIpc) is 3.00. The van der Waals surface area contributed by atoms with E-state index in [1.54, 1.807) is 12.4 Å². The highest BCUT2D eigenvalue weighted by Gasteiger charge is 2.25. The third kappa shape index (κ3) is 4.43. The molecule has 1 fully saturated rings. The van der Waals surface area contributed by atoms with Gasteiger partial charge < -0.3 is 15.0 Å². The number of hydrogen-bond donors (Lipinski definition) is 1. The number of para-hydroxylation sites is 2. The molecular weight excluding hydrogens is 354 g/mol. The lowest BCUT2D eigenvalue weighted by atomic mass is 10.1. The minimum Gasteiger partial charge on any atom is -0.379 e. The van der Waals surface area contributed by atoms with Gasteiger partial charge in [0, 0.05) is 37.9 Å². The van der Waals surface area contributed by atoms with Gasteiger partial charge in [-0.15, -0.1) is 0 Å². The Hall–Kier alpha value is -3.06. The Balaban J connectivity index is 1.39. The van der Waals surface area contributed by atoms with Crippen molar-refractivity contribution in [3.63, 3.8) is 0 Å². The molecule has 1 aliphatic rings. The number of amides is 1. The lowest BCUT2D eigenvalue weighted by molar-refractivity contribution is -0.126. The Morgan fingerprint density at radius 3 is 2.86 bits per heavy atom. The van der Waals surface area contributed by atoms with E-state index in [0.717, 1.165) is 22.5 Å². The topological polar surface area (TPSA) is 80.2 Å². The molecule has 28 heavy (non-hydrogen) atoms. The van der Waals surface area contributed by atoms with E-state index < -0.39 is 0 Å². The first-order valence-corrected chi connectivity index (χ1v) is 9.52. The van der Waals surface area contributed by atoms with Crippen LogP contribution in [0.1, 0.15) is 5.69 Å². The molecule has 1 aliphatic heterocycles. The largest absolute Gasteiger partial charge is 0.379 e. The summed E-state index contributed by atoms with van der Waals surface area (Å²) in [6.07, 6.45) is 4.24. The Morgan fingerprint density at radius 1 is 1.14 bits per heavy atom. The van der Waals surface area contributed by atoms with E-state index in [-0.39, 0.29) is 11.8 Å². The molecule has 1 N–H and O–H groups in total. The second-order valence-electron chi connectivity index (χ2n) is 6.80. The number of nitrogens with zero attached hydrogens (tertiary/aromatic N) is 4. The molecule has 0 spiro atoms. The third-order valence-corrected chi connectivity index (χ3v) is 4.80. The van der Waals surface area contributed by atoms with Crippen molar-refractivity contribution in [3.8, 4) is 0 Å². The fourth-order valence-electron chi connectivity index (χ4n) is 3.28. The predicted molar refractivity (Wildman–Crippen MR) is 107 cm³/mol. The van der Waals surface area contributed by atoms with Gasteiger partial charge in [0.05, 0.1) is 36.4 Å². The van der Waals surface area contributed by atoms with Crippen LogP contribution in [0.25, 0.3) is 11.0 Å². The molecule has 0 saturated carbocycles. The van der Waals surface area contributed by atoms with Crippen LogP contribution in [0.4, 0.5) is 5.82 Å². The van der Waals surface area contributed by atoms with E-state index in [4.69, 9.17) is 9.72 Å². The second-order valence-corrected chi connectivity index (χ2v) is 6.80. The number of rotatable bonds is 5. The molecule has 0 aliphatic carbocycles. The molecule has 0 bridgehead atoms. The molecule has 4 rings (SSSR count). The Morgan fingerprint density at radius 2 is 2.00 bits per heavy atom. The highest BCUT2D eigenvalue weighted by atomic mass is 16.5. The van der Waals surface area contributed by atoms with Gasteiger partial charge in [-0.3, -0.25) is 14.8 Å². The maximum Gasteiger partial charge on any atom is 0.227 e. The number of fused-ring (bicyclic) bond motifs is 1. The standard InChI is InChI=1S/C21H23N5O2/c27-21(23-10-8-17-5-3-4-9-22-17)16-14-26(11-12-28-15-16)20-13-24-18-6-1-2-7-19(18)25-20/h1-7,9,13,16H,8,10-12,14-15H2,(H,23,27). The number of hydrogen-bond acceptors (Lipinski definition) is 6. The van der Waals surface area contributed by atoms with E-state index in [9.17, 15) is 4.79 Å². The van der Waals surface area contributed by atoms with Gasteiger partial charge in [-0.2, -0.15) is 0 Å². The lowest BCUT2D eigenvalue weighted by Crippen LogP contribution is -2.40. The molecule has 2 aromatic heterocycles. The van der Waals surface area contributed by atoms with Gasteiger partial charge in [0.25, 0.3) is 0 Å². The third-order valence-electron chi connectivity index (χ3n) is 4.80. The summed E-state index contributed by atoms with van der Waals surface area (Å²) >= 11 is 0. The number of aromatic nitrogens is 3. The Bertz CT molecular complexity index is 934. The van der Waals surface area contributed by atoms with Gasteiger partial charge in [-0.25, -0.2) is 4.98 Å². The second kappa shape index (κ2) is 8.75. The van der Waals surface area contributed by atoms with Crippen LogP contribution in [-0.4, -0.2) is 53.7 Å². The molecule has 1 unspecified atom stereocenters. The van der Waals surface area contributed by atoms with Gasteiger partial charge >= 0.3 is 0 Å². The molecule has 3 heterocycles. The van der Waals surface area contributed by atoms with Crippen molar-refractivity contribution in [1.29, 1.82) is 0 Å². The van der Waals surface area contributed by atoms with Crippen molar-refractivity contribution in [2.75, 3.05) is 37.7 Å². The highest BCUT2D eigenvalue weighted by molar-refractivity contribution is 5.80. The maximum atomic E-state index is 12.7. The quantitative estimate of drug-likeness (QED) is 0.731. The van der Waals surface area contributed by atoms with Crippen LogP contribution >= 0.6 is 0 Å². The molecule has 1 aromatic carbocycles. The van der Waals surface area contributed by atoms with Crippen LogP contribution in [0.5, 0.6) is 0 Å². The number of ether oxygens (including phenoxy) is 1. The molecule has 144 valence electrons. The first kappa shape index (κ1) is 18.3. The smallest absolute Gasteiger partial charge is 0.227 e. The van der Waals surface area contributed by atoms with Crippen molar-refractivity contribution in [3.05, 3.63) is 60.6 Å². The Labute approximate surface area is 163 Å². The first-order valence-electron chi connectivity index (χ1n) is 9.52. The minimum absolute atomic E-state index is 0.00317. The van der Waals surface area contributed by atoms with E-state index >= 15 is 0 Å². The van der Waals surface area contributed by atoms with Crippen LogP contribution in [-0.2, 0) is 16.0 Å².